The zero-order valence-corrected chi connectivity index (χ0v) is 21.6. The Morgan fingerprint density at radius 3 is 2.19 bits per heavy atom. The number of ketones is 1. The quantitative estimate of drug-likeness (QED) is 0.259. The Hall–Kier alpha value is -2.41. The molecule has 4 rings (SSSR count). The smallest absolute Gasteiger partial charge is 0.420 e. The first-order chi connectivity index (χ1) is 17.7. The second-order valence-electron chi connectivity index (χ2n) is 10.4. The van der Waals surface area contributed by atoms with Crippen molar-refractivity contribution in [3.05, 3.63) is 64.5 Å². The van der Waals surface area contributed by atoms with Crippen LogP contribution in [0.1, 0.15) is 91.9 Å². The lowest BCUT2D eigenvalue weighted by molar-refractivity contribution is -0.140. The van der Waals surface area contributed by atoms with E-state index in [-0.39, 0.29) is 19.1 Å². The highest BCUT2D eigenvalue weighted by Gasteiger charge is 2.40. The number of carbonyl (C=O) groups is 1. The molecule has 0 aromatic heterocycles. The van der Waals surface area contributed by atoms with Crippen molar-refractivity contribution in [2.75, 3.05) is 13.2 Å². The van der Waals surface area contributed by atoms with Crippen LogP contribution in [-0.2, 0) is 17.3 Å². The van der Waals surface area contributed by atoms with E-state index in [1.165, 1.54) is 32.1 Å². The molecule has 7 heteroatoms. The minimum Gasteiger partial charge on any atom is -0.491 e. The summed E-state index contributed by atoms with van der Waals surface area (Å²) in [4.78, 5) is 12.8. The van der Waals surface area contributed by atoms with E-state index in [9.17, 15) is 22.4 Å². The lowest BCUT2D eigenvalue weighted by Crippen LogP contribution is -2.29. The van der Waals surface area contributed by atoms with Crippen LogP contribution in [0, 0.1) is 23.6 Å². The Kier molecular flexibility index (Phi) is 8.94. The molecule has 202 valence electrons. The van der Waals surface area contributed by atoms with Crippen LogP contribution < -0.4 is 4.74 Å². The van der Waals surface area contributed by atoms with Gasteiger partial charge < -0.3 is 9.47 Å². The predicted octanol–water partition coefficient (Wildman–Crippen LogP) is 8.35. The molecule has 37 heavy (non-hydrogen) atoms. The summed E-state index contributed by atoms with van der Waals surface area (Å²) in [6.45, 7) is 4.60. The standard InChI is InChI=1S/C30H36F4O3/c1-3-19-5-9-21(10-6-19)23-13-15-26(37-18-23)22-11-7-20(8-12-22)17-25(35)24-14-16-27(36-4-2)29(31)28(24)30(32,33)34/h7-8,11-12,14,16,19,21,23,26H,3-6,9-10,13,15,17-18H2,1-2H3. The lowest BCUT2D eigenvalue weighted by Gasteiger charge is -2.37. The Balaban J connectivity index is 1.37. The minimum atomic E-state index is -5.02. The van der Waals surface area contributed by atoms with Crippen LogP contribution in [0.3, 0.4) is 0 Å². The second-order valence-corrected chi connectivity index (χ2v) is 10.4. The Morgan fingerprint density at radius 1 is 0.946 bits per heavy atom. The van der Waals surface area contributed by atoms with Gasteiger partial charge in [0.25, 0.3) is 0 Å². The van der Waals surface area contributed by atoms with Crippen LogP contribution in [0.25, 0.3) is 0 Å². The zero-order chi connectivity index (χ0) is 26.6. The van der Waals surface area contributed by atoms with Gasteiger partial charge in [-0.15, -0.1) is 0 Å². The molecule has 2 aromatic rings. The van der Waals surface area contributed by atoms with Crippen molar-refractivity contribution in [2.45, 2.75) is 77.5 Å². The van der Waals surface area contributed by atoms with Gasteiger partial charge in [0.15, 0.2) is 17.3 Å². The SMILES string of the molecule is CCOc1ccc(C(=O)Cc2ccc(C3CCC(C4CCC(CC)CC4)CO3)cc2)c(C(F)(F)F)c1F. The fourth-order valence-electron chi connectivity index (χ4n) is 5.94. The van der Waals surface area contributed by atoms with E-state index in [1.54, 1.807) is 19.1 Å². The number of alkyl halides is 3. The molecule has 1 saturated carbocycles. The number of rotatable bonds is 8. The molecular weight excluding hydrogens is 484 g/mol. The number of carbonyl (C=O) groups excluding carboxylic acids is 1. The fraction of sp³-hybridized carbons (Fsp3) is 0.567. The molecule has 2 unspecified atom stereocenters. The number of halogens is 4. The van der Waals surface area contributed by atoms with Gasteiger partial charge in [-0.25, -0.2) is 4.39 Å². The number of hydrogen-bond acceptors (Lipinski definition) is 3. The van der Waals surface area contributed by atoms with E-state index in [0.29, 0.717) is 11.5 Å². The molecule has 2 atom stereocenters. The van der Waals surface area contributed by atoms with Gasteiger partial charge in [0.1, 0.15) is 5.56 Å². The largest absolute Gasteiger partial charge is 0.491 e. The number of benzene rings is 2. The number of hydrogen-bond donors (Lipinski definition) is 0. The van der Waals surface area contributed by atoms with Crippen LogP contribution in [0.15, 0.2) is 36.4 Å². The summed E-state index contributed by atoms with van der Waals surface area (Å²) in [5.74, 6) is -0.612. The van der Waals surface area contributed by atoms with Gasteiger partial charge in [-0.3, -0.25) is 4.79 Å². The monoisotopic (exact) mass is 520 g/mol. The first kappa shape index (κ1) is 27.6. The molecule has 3 nitrogen and oxygen atoms in total. The maximum Gasteiger partial charge on any atom is 0.420 e. The summed E-state index contributed by atoms with van der Waals surface area (Å²) in [6.07, 6.45) is 3.32. The van der Waals surface area contributed by atoms with Crippen LogP contribution in [0.4, 0.5) is 17.6 Å². The van der Waals surface area contributed by atoms with E-state index < -0.39 is 34.7 Å². The molecule has 1 heterocycles. The average Bonchev–Trinajstić information content (AvgIpc) is 2.89. The van der Waals surface area contributed by atoms with Crippen molar-refractivity contribution in [3.63, 3.8) is 0 Å². The predicted molar refractivity (Wildman–Crippen MR) is 134 cm³/mol. The summed E-state index contributed by atoms with van der Waals surface area (Å²) < 4.78 is 66.5. The maximum absolute atomic E-state index is 14.5. The summed E-state index contributed by atoms with van der Waals surface area (Å²) in [5.41, 5.74) is -0.689. The van der Waals surface area contributed by atoms with E-state index in [0.717, 1.165) is 49.0 Å². The van der Waals surface area contributed by atoms with Gasteiger partial charge in [-0.1, -0.05) is 50.5 Å². The highest BCUT2D eigenvalue weighted by Crippen LogP contribution is 2.41. The van der Waals surface area contributed by atoms with Gasteiger partial charge in [0, 0.05) is 12.0 Å². The first-order valence-electron chi connectivity index (χ1n) is 13.5. The van der Waals surface area contributed by atoms with Gasteiger partial charge in [-0.05, 0) is 73.6 Å². The van der Waals surface area contributed by atoms with Crippen molar-refractivity contribution in [1.29, 1.82) is 0 Å². The molecule has 2 fully saturated rings. The molecule has 0 radical (unpaired) electrons. The summed E-state index contributed by atoms with van der Waals surface area (Å²) in [5, 5.41) is 0. The Labute approximate surface area is 216 Å². The van der Waals surface area contributed by atoms with E-state index in [2.05, 4.69) is 6.92 Å². The normalized spacial score (nSPS) is 24.6. The minimum absolute atomic E-state index is 0.00924. The van der Waals surface area contributed by atoms with Crippen LogP contribution in [0.5, 0.6) is 5.75 Å². The van der Waals surface area contributed by atoms with Gasteiger partial charge in [-0.2, -0.15) is 13.2 Å². The molecule has 0 N–H and O–H groups in total. The van der Waals surface area contributed by atoms with Crippen LogP contribution in [0.2, 0.25) is 0 Å². The third kappa shape index (κ3) is 6.54. The van der Waals surface area contributed by atoms with Crippen molar-refractivity contribution >= 4 is 5.78 Å². The number of ether oxygens (including phenoxy) is 2. The molecule has 1 aliphatic heterocycles. The molecule has 1 aliphatic carbocycles. The topological polar surface area (TPSA) is 35.5 Å². The van der Waals surface area contributed by atoms with Crippen molar-refractivity contribution in [2.24, 2.45) is 17.8 Å². The van der Waals surface area contributed by atoms with Gasteiger partial charge in [0.05, 0.1) is 19.3 Å². The van der Waals surface area contributed by atoms with Crippen LogP contribution in [-0.4, -0.2) is 19.0 Å². The third-order valence-electron chi connectivity index (χ3n) is 8.15. The lowest BCUT2D eigenvalue weighted by atomic mass is 9.73. The van der Waals surface area contributed by atoms with E-state index >= 15 is 0 Å². The molecule has 2 aliphatic rings. The molecule has 1 saturated heterocycles. The van der Waals surface area contributed by atoms with E-state index in [4.69, 9.17) is 9.47 Å². The Bertz CT molecular complexity index is 1050. The van der Waals surface area contributed by atoms with E-state index in [1.807, 2.05) is 12.1 Å². The maximum atomic E-state index is 14.5. The summed E-state index contributed by atoms with van der Waals surface area (Å²) in [7, 11) is 0. The average molecular weight is 521 g/mol. The van der Waals surface area contributed by atoms with Crippen LogP contribution >= 0.6 is 0 Å². The summed E-state index contributed by atoms with van der Waals surface area (Å²) >= 11 is 0. The zero-order valence-electron chi connectivity index (χ0n) is 21.6. The second kappa shape index (κ2) is 12.0. The molecule has 2 aromatic carbocycles. The highest BCUT2D eigenvalue weighted by atomic mass is 19.4. The van der Waals surface area contributed by atoms with Crippen molar-refractivity contribution < 1.29 is 31.8 Å². The summed E-state index contributed by atoms with van der Waals surface area (Å²) in [6, 6.07) is 9.31. The van der Waals surface area contributed by atoms with Gasteiger partial charge in [0.2, 0.25) is 0 Å². The molecule has 0 spiro atoms. The van der Waals surface area contributed by atoms with Crippen molar-refractivity contribution in [1.82, 2.24) is 0 Å². The molecular formula is C30H36F4O3. The first-order valence-corrected chi connectivity index (χ1v) is 13.5. The fourth-order valence-corrected chi connectivity index (χ4v) is 5.94. The number of Topliss-reactive ketones (excluding diaryl/α,β-unsaturated/α-hetero) is 1. The van der Waals surface area contributed by atoms with Gasteiger partial charge >= 0.3 is 6.18 Å². The molecule has 0 amide bonds. The Morgan fingerprint density at radius 2 is 1.62 bits per heavy atom. The molecule has 0 bridgehead atoms. The van der Waals surface area contributed by atoms with Crippen molar-refractivity contribution in [3.8, 4) is 5.75 Å². The third-order valence-corrected chi connectivity index (χ3v) is 8.15. The highest BCUT2D eigenvalue weighted by molar-refractivity contribution is 5.99.